The molecule has 0 spiro atoms. The summed E-state index contributed by atoms with van der Waals surface area (Å²) in [7, 11) is 0. The lowest BCUT2D eigenvalue weighted by Crippen LogP contribution is -2.01. The first-order valence-corrected chi connectivity index (χ1v) is 19.8. The van der Waals surface area contributed by atoms with E-state index in [1.54, 1.807) is 0 Å². The third kappa shape index (κ3) is 6.53. The van der Waals surface area contributed by atoms with Gasteiger partial charge in [0.1, 0.15) is 11.2 Å². The smallest absolute Gasteiger partial charge is 0.164 e. The third-order valence-electron chi connectivity index (χ3n) is 11.1. The minimum atomic E-state index is 0.574. The van der Waals surface area contributed by atoms with Crippen molar-refractivity contribution in [2.75, 3.05) is 0 Å². The zero-order chi connectivity index (χ0) is 39.1. The second-order valence-electron chi connectivity index (χ2n) is 14.8. The van der Waals surface area contributed by atoms with Crippen LogP contribution >= 0.6 is 0 Å². The van der Waals surface area contributed by atoms with E-state index in [0.717, 1.165) is 82.8 Å². The summed E-state index contributed by atoms with van der Waals surface area (Å²) in [4.78, 5) is 16.0. The Balaban J connectivity index is 1.16. The second kappa shape index (κ2) is 14.5. The molecule has 4 heteroatoms. The first kappa shape index (κ1) is 34.3. The molecule has 0 aliphatic rings. The lowest BCUT2D eigenvalue weighted by molar-refractivity contribution is 0.669. The first-order chi connectivity index (χ1) is 29.2. The Morgan fingerprint density at radius 2 is 0.712 bits per heavy atom. The van der Waals surface area contributed by atoms with E-state index in [1.165, 1.54) is 11.1 Å². The number of para-hydroxylation sites is 1. The highest BCUT2D eigenvalue weighted by atomic mass is 16.3. The highest BCUT2D eigenvalue weighted by molar-refractivity contribution is 6.13. The molecule has 0 saturated heterocycles. The molecular weight excluding hydrogens is 719 g/mol. The number of benzene rings is 9. The molecule has 0 saturated carbocycles. The van der Waals surface area contributed by atoms with E-state index in [-0.39, 0.29) is 0 Å². The number of furan rings is 1. The van der Waals surface area contributed by atoms with Crippen LogP contribution in [0.1, 0.15) is 0 Å². The highest BCUT2D eigenvalue weighted by Gasteiger charge is 2.21. The fourth-order valence-electron chi connectivity index (χ4n) is 8.13. The van der Waals surface area contributed by atoms with Crippen molar-refractivity contribution in [3.63, 3.8) is 0 Å². The largest absolute Gasteiger partial charge is 0.456 e. The molecule has 0 atom stereocenters. The Labute approximate surface area is 341 Å². The summed E-state index contributed by atoms with van der Waals surface area (Å²) in [6.45, 7) is 0. The van der Waals surface area contributed by atoms with Crippen molar-refractivity contribution in [1.29, 1.82) is 0 Å². The number of hydrogen-bond donors (Lipinski definition) is 0. The summed E-state index contributed by atoms with van der Waals surface area (Å²) in [6.07, 6.45) is 0. The first-order valence-electron chi connectivity index (χ1n) is 19.8. The van der Waals surface area contributed by atoms with Gasteiger partial charge in [-0.3, -0.25) is 0 Å². The molecule has 0 aliphatic heterocycles. The van der Waals surface area contributed by atoms with Gasteiger partial charge >= 0.3 is 0 Å². The van der Waals surface area contributed by atoms with E-state index in [0.29, 0.717) is 17.5 Å². The van der Waals surface area contributed by atoms with Gasteiger partial charge in [-0.25, -0.2) is 15.0 Å². The maximum Gasteiger partial charge on any atom is 0.164 e. The van der Waals surface area contributed by atoms with Gasteiger partial charge in [0, 0.05) is 27.5 Å². The summed E-state index contributed by atoms with van der Waals surface area (Å²) in [6, 6.07) is 74.1. The van der Waals surface area contributed by atoms with Crippen LogP contribution in [0.4, 0.5) is 0 Å². The van der Waals surface area contributed by atoms with E-state index in [4.69, 9.17) is 19.4 Å². The van der Waals surface area contributed by atoms with Gasteiger partial charge in [-0.2, -0.15) is 0 Å². The van der Waals surface area contributed by atoms with Gasteiger partial charge < -0.3 is 4.42 Å². The van der Waals surface area contributed by atoms with E-state index in [9.17, 15) is 0 Å². The van der Waals surface area contributed by atoms with Crippen LogP contribution < -0.4 is 0 Å². The minimum Gasteiger partial charge on any atom is -0.456 e. The van der Waals surface area contributed by atoms with E-state index < -0.39 is 0 Å². The van der Waals surface area contributed by atoms with Crippen LogP contribution in [0, 0.1) is 0 Å². The molecule has 11 aromatic rings. The maximum atomic E-state index is 6.55. The molecule has 0 unspecified atom stereocenters. The Kier molecular flexibility index (Phi) is 8.45. The fourth-order valence-corrected chi connectivity index (χ4v) is 8.13. The van der Waals surface area contributed by atoms with Crippen molar-refractivity contribution in [3.8, 4) is 78.7 Å². The van der Waals surface area contributed by atoms with Crippen LogP contribution in [-0.4, -0.2) is 15.0 Å². The Morgan fingerprint density at radius 1 is 0.271 bits per heavy atom. The van der Waals surface area contributed by atoms with Crippen LogP contribution in [0.3, 0.4) is 0 Å². The fraction of sp³-hybridized carbons (Fsp3) is 0. The third-order valence-corrected chi connectivity index (χ3v) is 11.1. The average molecular weight is 754 g/mol. The lowest BCUT2D eigenvalue weighted by Gasteiger charge is -2.14. The second-order valence-corrected chi connectivity index (χ2v) is 14.8. The summed E-state index contributed by atoms with van der Waals surface area (Å²) < 4.78 is 6.55. The topological polar surface area (TPSA) is 51.8 Å². The number of aromatic nitrogens is 3. The summed E-state index contributed by atoms with van der Waals surface area (Å²) in [5, 5.41) is 4.24. The van der Waals surface area contributed by atoms with Crippen molar-refractivity contribution in [2.45, 2.75) is 0 Å². The maximum absolute atomic E-state index is 6.55. The van der Waals surface area contributed by atoms with Crippen molar-refractivity contribution in [3.05, 3.63) is 212 Å². The van der Waals surface area contributed by atoms with Crippen molar-refractivity contribution < 1.29 is 4.42 Å². The highest BCUT2D eigenvalue weighted by Crippen LogP contribution is 2.41. The molecule has 276 valence electrons. The number of nitrogens with zero attached hydrogens (tertiary/aromatic N) is 3. The van der Waals surface area contributed by atoms with Gasteiger partial charge in [0.2, 0.25) is 0 Å². The van der Waals surface area contributed by atoms with Gasteiger partial charge in [0.15, 0.2) is 17.5 Å². The lowest BCUT2D eigenvalue weighted by atomic mass is 9.95. The van der Waals surface area contributed by atoms with Crippen molar-refractivity contribution >= 4 is 32.7 Å². The zero-order valence-electron chi connectivity index (χ0n) is 32.0. The monoisotopic (exact) mass is 753 g/mol. The Morgan fingerprint density at radius 3 is 1.31 bits per heavy atom. The van der Waals surface area contributed by atoms with Crippen LogP contribution in [0.2, 0.25) is 0 Å². The Hall–Kier alpha value is -7.95. The minimum absolute atomic E-state index is 0.574. The molecule has 0 bridgehead atoms. The van der Waals surface area contributed by atoms with Gasteiger partial charge in [-0.1, -0.05) is 164 Å². The number of rotatable bonds is 7. The summed E-state index contributed by atoms with van der Waals surface area (Å²) in [5.74, 6) is 1.76. The quantitative estimate of drug-likeness (QED) is 0.163. The molecule has 0 radical (unpaired) electrons. The van der Waals surface area contributed by atoms with Crippen LogP contribution in [0.5, 0.6) is 0 Å². The molecule has 0 fully saturated rings. The molecule has 0 N–H and O–H groups in total. The van der Waals surface area contributed by atoms with Crippen molar-refractivity contribution in [2.24, 2.45) is 0 Å². The molecule has 2 aromatic heterocycles. The van der Waals surface area contributed by atoms with Gasteiger partial charge in [-0.05, 0) is 104 Å². The molecule has 9 aromatic carbocycles. The molecule has 4 nitrogen and oxygen atoms in total. The van der Waals surface area contributed by atoms with Crippen LogP contribution in [0.15, 0.2) is 217 Å². The molecule has 0 amide bonds. The van der Waals surface area contributed by atoms with Crippen molar-refractivity contribution in [1.82, 2.24) is 15.0 Å². The van der Waals surface area contributed by atoms with Gasteiger partial charge in [-0.15, -0.1) is 0 Å². The average Bonchev–Trinajstić information content (AvgIpc) is 3.70. The Bertz CT molecular complexity index is 3250. The normalized spacial score (nSPS) is 11.4. The summed E-state index contributed by atoms with van der Waals surface area (Å²) >= 11 is 0. The van der Waals surface area contributed by atoms with E-state index in [2.05, 4.69) is 176 Å². The standard InChI is InChI=1S/C55H35N3O/c1-5-15-36(16-6-1)40-25-26-42-30-43(28-27-41(42)29-40)53-56-54(47-32-44(37-17-7-2-8-18-37)31-45(33-47)38-19-9-3-10-20-38)58-55(57-53)49-34-46(39-21-11-4-12-22-39)35-51-52(49)48-23-13-14-24-50(48)59-51/h1-35H. The van der Waals surface area contributed by atoms with Gasteiger partial charge in [0.25, 0.3) is 0 Å². The van der Waals surface area contributed by atoms with E-state index >= 15 is 0 Å². The SMILES string of the molecule is c1ccc(-c2cc(-c3ccccc3)cc(-c3nc(-c4ccc5cc(-c6ccccc6)ccc5c4)nc(-c4cc(-c5ccccc5)cc5oc6ccccc6c45)n3)c2)cc1. The number of hydrogen-bond acceptors (Lipinski definition) is 4. The predicted molar refractivity (Wildman–Crippen MR) is 243 cm³/mol. The van der Waals surface area contributed by atoms with E-state index in [1.807, 2.05) is 36.4 Å². The van der Waals surface area contributed by atoms with Gasteiger partial charge in [0.05, 0.1) is 0 Å². The molecule has 11 rings (SSSR count). The predicted octanol–water partition coefficient (Wildman–Crippen LogP) is 14.6. The van der Waals surface area contributed by atoms with Crippen LogP contribution in [0.25, 0.3) is 111 Å². The molecule has 59 heavy (non-hydrogen) atoms. The molecule has 2 heterocycles. The zero-order valence-corrected chi connectivity index (χ0v) is 32.0. The molecule has 0 aliphatic carbocycles. The number of fused-ring (bicyclic) bond motifs is 4. The van der Waals surface area contributed by atoms with Crippen LogP contribution in [-0.2, 0) is 0 Å². The molecular formula is C55H35N3O. The summed E-state index contributed by atoms with van der Waals surface area (Å²) in [5.41, 5.74) is 13.2.